The first-order chi connectivity index (χ1) is 8.65. The van der Waals surface area contributed by atoms with Gasteiger partial charge in [0, 0.05) is 24.7 Å². The number of carbonyl (C=O) groups excluding carboxylic acids is 1. The monoisotopic (exact) mass is 247 g/mol. The molecule has 0 N–H and O–H groups in total. The number of aromatic nitrogens is 1. The lowest BCUT2D eigenvalue weighted by Crippen LogP contribution is -2.09. The fourth-order valence-electron chi connectivity index (χ4n) is 1.66. The number of benzene rings is 1. The number of rotatable bonds is 4. The summed E-state index contributed by atoms with van der Waals surface area (Å²) in [6.45, 7) is 0. The van der Waals surface area contributed by atoms with E-state index in [0.717, 1.165) is 18.2 Å². The van der Waals surface area contributed by atoms with Crippen LogP contribution in [0.3, 0.4) is 0 Å². The molecule has 0 fully saturated rings. The van der Waals surface area contributed by atoms with Gasteiger partial charge < -0.3 is 0 Å². The van der Waals surface area contributed by atoms with Crippen molar-refractivity contribution in [3.8, 4) is 0 Å². The van der Waals surface area contributed by atoms with Gasteiger partial charge in [0.1, 0.15) is 17.4 Å². The van der Waals surface area contributed by atoms with E-state index < -0.39 is 11.6 Å². The van der Waals surface area contributed by atoms with Crippen molar-refractivity contribution in [2.24, 2.45) is 0 Å². The molecule has 2 aromatic rings. The summed E-state index contributed by atoms with van der Waals surface area (Å²) in [6, 6.07) is 8.35. The van der Waals surface area contributed by atoms with Crippen LogP contribution in [0.4, 0.5) is 8.78 Å². The Morgan fingerprint density at radius 2 is 1.94 bits per heavy atom. The second-order valence-electron chi connectivity index (χ2n) is 3.95. The van der Waals surface area contributed by atoms with Crippen LogP contribution in [-0.4, -0.2) is 10.8 Å². The summed E-state index contributed by atoms with van der Waals surface area (Å²) < 4.78 is 26.3. The maximum absolute atomic E-state index is 13.3. The first-order valence-electron chi connectivity index (χ1n) is 5.50. The van der Waals surface area contributed by atoms with Gasteiger partial charge in [0.25, 0.3) is 0 Å². The van der Waals surface area contributed by atoms with Crippen molar-refractivity contribution in [2.75, 3.05) is 0 Å². The molecule has 0 aliphatic rings. The lowest BCUT2D eigenvalue weighted by atomic mass is 10.0. The third kappa shape index (κ3) is 3.20. The molecular weight excluding hydrogens is 236 g/mol. The number of Topliss-reactive ketones (excluding diaryl/α,β-unsaturated/α-hetero) is 1. The van der Waals surface area contributed by atoms with Crippen molar-refractivity contribution in [3.05, 3.63) is 65.5 Å². The van der Waals surface area contributed by atoms with Gasteiger partial charge in [-0.15, -0.1) is 0 Å². The standard InChI is InChI=1S/C14H11F2NO/c15-11-4-5-14(16)10(7-11)8-13(18)9-12-3-1-2-6-17-12/h1-7H,8-9H2. The lowest BCUT2D eigenvalue weighted by Gasteiger charge is -2.03. The third-order valence-corrected chi connectivity index (χ3v) is 2.50. The van der Waals surface area contributed by atoms with Crippen molar-refractivity contribution in [3.63, 3.8) is 0 Å². The first kappa shape index (κ1) is 12.4. The maximum atomic E-state index is 13.3. The van der Waals surface area contributed by atoms with E-state index in [-0.39, 0.29) is 24.2 Å². The van der Waals surface area contributed by atoms with Crippen molar-refractivity contribution >= 4 is 5.78 Å². The number of pyridine rings is 1. The molecule has 0 bridgehead atoms. The Labute approximate surface area is 103 Å². The van der Waals surface area contributed by atoms with E-state index in [9.17, 15) is 13.6 Å². The molecule has 4 heteroatoms. The number of halogens is 2. The summed E-state index contributed by atoms with van der Waals surface area (Å²) in [6.07, 6.45) is 1.59. The van der Waals surface area contributed by atoms with Gasteiger partial charge in [-0.25, -0.2) is 8.78 Å². The summed E-state index contributed by atoms with van der Waals surface area (Å²) >= 11 is 0. The number of carbonyl (C=O) groups is 1. The van der Waals surface area contributed by atoms with Crippen LogP contribution in [0.1, 0.15) is 11.3 Å². The van der Waals surface area contributed by atoms with Crippen LogP contribution in [0.5, 0.6) is 0 Å². The fraction of sp³-hybridized carbons (Fsp3) is 0.143. The first-order valence-corrected chi connectivity index (χ1v) is 5.50. The highest BCUT2D eigenvalue weighted by Gasteiger charge is 2.10. The van der Waals surface area contributed by atoms with Crippen LogP contribution in [-0.2, 0) is 17.6 Å². The van der Waals surface area contributed by atoms with Gasteiger partial charge in [-0.2, -0.15) is 0 Å². The number of hydrogen-bond donors (Lipinski definition) is 0. The summed E-state index contributed by atoms with van der Waals surface area (Å²) in [4.78, 5) is 15.7. The topological polar surface area (TPSA) is 30.0 Å². The van der Waals surface area contributed by atoms with Gasteiger partial charge in [0.15, 0.2) is 0 Å². The molecule has 2 rings (SSSR count). The van der Waals surface area contributed by atoms with Crippen LogP contribution < -0.4 is 0 Å². The molecule has 1 aromatic carbocycles. The largest absolute Gasteiger partial charge is 0.299 e. The molecule has 0 unspecified atom stereocenters. The Morgan fingerprint density at radius 1 is 1.11 bits per heavy atom. The molecule has 0 spiro atoms. The SMILES string of the molecule is O=C(Cc1ccccn1)Cc1cc(F)ccc1F. The van der Waals surface area contributed by atoms with Crippen LogP contribution >= 0.6 is 0 Å². The maximum Gasteiger partial charge on any atom is 0.143 e. The van der Waals surface area contributed by atoms with E-state index in [0.29, 0.717) is 5.69 Å². The highest BCUT2D eigenvalue weighted by Crippen LogP contribution is 2.11. The summed E-state index contributed by atoms with van der Waals surface area (Å²) in [5, 5.41) is 0. The Bertz CT molecular complexity index is 555. The molecule has 1 aromatic heterocycles. The minimum absolute atomic E-state index is 0.0796. The molecule has 0 saturated heterocycles. The van der Waals surface area contributed by atoms with Gasteiger partial charge in [0.2, 0.25) is 0 Å². The van der Waals surface area contributed by atoms with Gasteiger partial charge in [-0.05, 0) is 35.9 Å². The Morgan fingerprint density at radius 3 is 2.67 bits per heavy atom. The number of hydrogen-bond acceptors (Lipinski definition) is 2. The van der Waals surface area contributed by atoms with E-state index in [1.807, 2.05) is 0 Å². The van der Waals surface area contributed by atoms with Gasteiger partial charge in [-0.1, -0.05) is 6.07 Å². The summed E-state index contributed by atoms with van der Waals surface area (Å²) in [5.41, 5.74) is 0.704. The minimum Gasteiger partial charge on any atom is -0.299 e. The molecule has 1 heterocycles. The molecule has 0 aliphatic heterocycles. The molecule has 0 aliphatic carbocycles. The highest BCUT2D eigenvalue weighted by molar-refractivity contribution is 5.82. The number of ketones is 1. The van der Waals surface area contributed by atoms with E-state index in [4.69, 9.17) is 0 Å². The molecule has 0 atom stereocenters. The quantitative estimate of drug-likeness (QED) is 0.831. The van der Waals surface area contributed by atoms with Crippen molar-refractivity contribution in [2.45, 2.75) is 12.8 Å². The van der Waals surface area contributed by atoms with Crippen LogP contribution in [0.2, 0.25) is 0 Å². The Kier molecular flexibility index (Phi) is 3.77. The predicted molar refractivity (Wildman–Crippen MR) is 63.0 cm³/mol. The zero-order chi connectivity index (χ0) is 13.0. The molecule has 92 valence electrons. The van der Waals surface area contributed by atoms with Gasteiger partial charge in [-0.3, -0.25) is 9.78 Å². The lowest BCUT2D eigenvalue weighted by molar-refractivity contribution is -0.117. The second-order valence-corrected chi connectivity index (χ2v) is 3.95. The van der Waals surface area contributed by atoms with Gasteiger partial charge in [0.05, 0.1) is 0 Å². The van der Waals surface area contributed by atoms with Crippen molar-refractivity contribution in [1.29, 1.82) is 0 Å². The predicted octanol–water partition coefficient (Wildman–Crippen LogP) is 2.71. The van der Waals surface area contributed by atoms with Crippen LogP contribution in [0, 0.1) is 11.6 Å². The summed E-state index contributed by atoms with van der Waals surface area (Å²) in [7, 11) is 0. The molecular formula is C14H11F2NO. The highest BCUT2D eigenvalue weighted by atomic mass is 19.1. The summed E-state index contributed by atoms with van der Waals surface area (Å²) in [5.74, 6) is -1.30. The second kappa shape index (κ2) is 5.49. The van der Waals surface area contributed by atoms with E-state index in [1.165, 1.54) is 0 Å². The molecule has 18 heavy (non-hydrogen) atoms. The minimum atomic E-state index is -0.564. The molecule has 0 amide bonds. The van der Waals surface area contributed by atoms with Gasteiger partial charge >= 0.3 is 0 Å². The zero-order valence-corrected chi connectivity index (χ0v) is 9.57. The smallest absolute Gasteiger partial charge is 0.143 e. The van der Waals surface area contributed by atoms with E-state index >= 15 is 0 Å². The normalized spacial score (nSPS) is 10.3. The van der Waals surface area contributed by atoms with Crippen molar-refractivity contribution in [1.82, 2.24) is 4.98 Å². The average Bonchev–Trinajstić information content (AvgIpc) is 2.35. The van der Waals surface area contributed by atoms with E-state index in [1.54, 1.807) is 24.4 Å². The Balaban J connectivity index is 2.05. The molecule has 2 nitrogen and oxygen atoms in total. The molecule has 0 radical (unpaired) electrons. The van der Waals surface area contributed by atoms with Crippen molar-refractivity contribution < 1.29 is 13.6 Å². The van der Waals surface area contributed by atoms with E-state index in [2.05, 4.69) is 4.98 Å². The Hall–Kier alpha value is -2.10. The molecule has 0 saturated carbocycles. The average molecular weight is 247 g/mol. The fourth-order valence-corrected chi connectivity index (χ4v) is 1.66. The van der Waals surface area contributed by atoms with Crippen LogP contribution in [0.25, 0.3) is 0 Å². The number of nitrogens with zero attached hydrogens (tertiary/aromatic N) is 1. The zero-order valence-electron chi connectivity index (χ0n) is 9.57. The van der Waals surface area contributed by atoms with Crippen LogP contribution in [0.15, 0.2) is 42.6 Å². The third-order valence-electron chi connectivity index (χ3n) is 2.50.